The molecule has 0 bridgehead atoms. The quantitative estimate of drug-likeness (QED) is 0.468. The predicted molar refractivity (Wildman–Crippen MR) is 51.3 cm³/mol. The van der Waals surface area contributed by atoms with Gasteiger partial charge < -0.3 is 22.9 Å². The summed E-state index contributed by atoms with van der Waals surface area (Å²) in [5.74, 6) is 0.249. The SMILES string of the molecule is CCc1nc(N)c(N)c(N)c1N. The first-order chi connectivity index (χ1) is 5.57. The van der Waals surface area contributed by atoms with E-state index in [2.05, 4.69) is 4.98 Å². The van der Waals surface area contributed by atoms with Crippen molar-refractivity contribution < 1.29 is 0 Å². The van der Waals surface area contributed by atoms with Crippen molar-refractivity contribution in [1.29, 1.82) is 0 Å². The van der Waals surface area contributed by atoms with Gasteiger partial charge in [-0.1, -0.05) is 6.92 Å². The average Bonchev–Trinajstić information content (AvgIpc) is 2.08. The van der Waals surface area contributed by atoms with Crippen molar-refractivity contribution in [3.05, 3.63) is 5.69 Å². The molecule has 0 radical (unpaired) electrons. The minimum atomic E-state index is 0.249. The van der Waals surface area contributed by atoms with Crippen LogP contribution in [0.25, 0.3) is 0 Å². The summed E-state index contributed by atoms with van der Waals surface area (Å²) >= 11 is 0. The van der Waals surface area contributed by atoms with E-state index >= 15 is 0 Å². The number of hydrogen-bond acceptors (Lipinski definition) is 5. The van der Waals surface area contributed by atoms with Crippen molar-refractivity contribution in [3.8, 4) is 0 Å². The Bertz CT molecular complexity index is 307. The topological polar surface area (TPSA) is 117 Å². The van der Waals surface area contributed by atoms with Gasteiger partial charge in [-0.25, -0.2) is 4.98 Å². The lowest BCUT2D eigenvalue weighted by molar-refractivity contribution is 1.05. The van der Waals surface area contributed by atoms with E-state index in [0.29, 0.717) is 23.5 Å². The molecule has 8 N–H and O–H groups in total. The fourth-order valence-electron chi connectivity index (χ4n) is 0.974. The third-order valence-electron chi connectivity index (χ3n) is 1.76. The third kappa shape index (κ3) is 1.09. The standard InChI is InChI=1S/C7H13N5/c1-2-3-4(8)5(9)6(10)7(11)12-3/h2,8,10H2,1H3,(H4,9,11,12). The molecule has 66 valence electrons. The molecule has 0 fully saturated rings. The molecule has 0 spiro atoms. The predicted octanol–water partition coefficient (Wildman–Crippen LogP) is -0.0272. The molecule has 1 aromatic heterocycles. The van der Waals surface area contributed by atoms with E-state index in [0.717, 1.165) is 0 Å². The molecule has 1 aromatic rings. The highest BCUT2D eigenvalue weighted by molar-refractivity contribution is 5.84. The zero-order valence-electron chi connectivity index (χ0n) is 6.96. The van der Waals surface area contributed by atoms with Gasteiger partial charge in [0.1, 0.15) is 5.82 Å². The summed E-state index contributed by atoms with van der Waals surface area (Å²) in [6.07, 6.45) is 0.695. The Morgan fingerprint density at radius 2 is 1.58 bits per heavy atom. The lowest BCUT2D eigenvalue weighted by Crippen LogP contribution is -2.09. The maximum Gasteiger partial charge on any atom is 0.149 e. The Hall–Kier alpha value is -1.65. The number of rotatable bonds is 1. The molecule has 5 heteroatoms. The summed E-state index contributed by atoms with van der Waals surface area (Å²) in [4.78, 5) is 4.00. The average molecular weight is 167 g/mol. The van der Waals surface area contributed by atoms with Crippen molar-refractivity contribution in [1.82, 2.24) is 4.98 Å². The van der Waals surface area contributed by atoms with Crippen LogP contribution >= 0.6 is 0 Å². The molecule has 1 rings (SSSR count). The number of nitrogens with two attached hydrogens (primary N) is 4. The minimum absolute atomic E-state index is 0.249. The lowest BCUT2D eigenvalue weighted by Gasteiger charge is -2.09. The van der Waals surface area contributed by atoms with Crippen LogP contribution in [0.1, 0.15) is 12.6 Å². The van der Waals surface area contributed by atoms with Gasteiger partial charge in [-0.15, -0.1) is 0 Å². The Labute approximate surface area is 70.7 Å². The summed E-state index contributed by atoms with van der Waals surface area (Å²) in [6, 6.07) is 0. The molecule has 0 amide bonds. The van der Waals surface area contributed by atoms with Gasteiger partial charge in [0.25, 0.3) is 0 Å². The zero-order valence-corrected chi connectivity index (χ0v) is 6.96. The molecule has 0 saturated carbocycles. The Morgan fingerprint density at radius 3 is 2.08 bits per heavy atom. The Balaban J connectivity index is 3.39. The molecule has 0 aliphatic heterocycles. The van der Waals surface area contributed by atoms with Crippen molar-refractivity contribution in [2.24, 2.45) is 0 Å². The highest BCUT2D eigenvalue weighted by Crippen LogP contribution is 2.29. The molecule has 1 heterocycles. The Kier molecular flexibility index (Phi) is 1.95. The van der Waals surface area contributed by atoms with Gasteiger partial charge >= 0.3 is 0 Å². The summed E-state index contributed by atoms with van der Waals surface area (Å²) in [5.41, 5.74) is 24.0. The monoisotopic (exact) mass is 167 g/mol. The first-order valence-electron chi connectivity index (χ1n) is 3.66. The molecular formula is C7H13N5. The zero-order chi connectivity index (χ0) is 9.30. The molecule has 0 unspecified atom stereocenters. The number of aromatic nitrogens is 1. The van der Waals surface area contributed by atoms with Crippen LogP contribution < -0.4 is 22.9 Å². The smallest absolute Gasteiger partial charge is 0.149 e. The fourth-order valence-corrected chi connectivity index (χ4v) is 0.974. The van der Waals surface area contributed by atoms with E-state index in [-0.39, 0.29) is 11.5 Å². The number of anilines is 4. The Morgan fingerprint density at radius 1 is 1.00 bits per heavy atom. The second kappa shape index (κ2) is 2.77. The van der Waals surface area contributed by atoms with Crippen LogP contribution in [-0.4, -0.2) is 4.98 Å². The van der Waals surface area contributed by atoms with Gasteiger partial charge in [0, 0.05) is 0 Å². The minimum Gasteiger partial charge on any atom is -0.396 e. The second-order valence-corrected chi connectivity index (χ2v) is 2.54. The summed E-state index contributed by atoms with van der Waals surface area (Å²) < 4.78 is 0. The third-order valence-corrected chi connectivity index (χ3v) is 1.76. The highest BCUT2D eigenvalue weighted by Gasteiger charge is 2.09. The van der Waals surface area contributed by atoms with Crippen LogP contribution in [-0.2, 0) is 6.42 Å². The van der Waals surface area contributed by atoms with E-state index < -0.39 is 0 Å². The molecule has 12 heavy (non-hydrogen) atoms. The largest absolute Gasteiger partial charge is 0.396 e. The van der Waals surface area contributed by atoms with Crippen LogP contribution in [0.3, 0.4) is 0 Å². The van der Waals surface area contributed by atoms with E-state index in [4.69, 9.17) is 22.9 Å². The number of aryl methyl sites for hydroxylation is 1. The van der Waals surface area contributed by atoms with Gasteiger partial charge in [0.15, 0.2) is 0 Å². The van der Waals surface area contributed by atoms with Crippen LogP contribution in [0.2, 0.25) is 0 Å². The molecule has 0 saturated heterocycles. The van der Waals surface area contributed by atoms with Gasteiger partial charge in [0.2, 0.25) is 0 Å². The number of nitrogen functional groups attached to an aromatic ring is 4. The number of pyridine rings is 1. The summed E-state index contributed by atoms with van der Waals surface area (Å²) in [5, 5.41) is 0. The van der Waals surface area contributed by atoms with Crippen LogP contribution in [0, 0.1) is 0 Å². The van der Waals surface area contributed by atoms with Crippen molar-refractivity contribution >= 4 is 22.9 Å². The van der Waals surface area contributed by atoms with Gasteiger partial charge in [-0.2, -0.15) is 0 Å². The van der Waals surface area contributed by atoms with Crippen molar-refractivity contribution in [2.75, 3.05) is 22.9 Å². The van der Waals surface area contributed by atoms with E-state index in [9.17, 15) is 0 Å². The molecule has 5 nitrogen and oxygen atoms in total. The second-order valence-electron chi connectivity index (χ2n) is 2.54. The normalized spacial score (nSPS) is 10.1. The van der Waals surface area contributed by atoms with E-state index in [1.165, 1.54) is 0 Å². The summed E-state index contributed by atoms with van der Waals surface area (Å²) in [6.45, 7) is 1.92. The first-order valence-corrected chi connectivity index (χ1v) is 3.66. The molecule has 0 atom stereocenters. The molecule has 0 aliphatic rings. The first kappa shape index (κ1) is 8.45. The van der Waals surface area contributed by atoms with Crippen molar-refractivity contribution in [2.45, 2.75) is 13.3 Å². The van der Waals surface area contributed by atoms with E-state index in [1.54, 1.807) is 0 Å². The lowest BCUT2D eigenvalue weighted by atomic mass is 10.2. The fraction of sp³-hybridized carbons (Fsp3) is 0.286. The number of nitrogens with zero attached hydrogens (tertiary/aromatic N) is 1. The van der Waals surface area contributed by atoms with Crippen LogP contribution in [0.4, 0.5) is 22.9 Å². The summed E-state index contributed by atoms with van der Waals surface area (Å²) in [7, 11) is 0. The van der Waals surface area contributed by atoms with Crippen LogP contribution in [0.5, 0.6) is 0 Å². The van der Waals surface area contributed by atoms with E-state index in [1.807, 2.05) is 6.92 Å². The molecule has 0 aromatic carbocycles. The maximum atomic E-state index is 5.64. The van der Waals surface area contributed by atoms with Crippen molar-refractivity contribution in [3.63, 3.8) is 0 Å². The van der Waals surface area contributed by atoms with Gasteiger partial charge in [-0.05, 0) is 6.42 Å². The van der Waals surface area contributed by atoms with Gasteiger partial charge in [-0.3, -0.25) is 0 Å². The highest BCUT2D eigenvalue weighted by atomic mass is 14.9. The van der Waals surface area contributed by atoms with Crippen LogP contribution in [0.15, 0.2) is 0 Å². The molecular weight excluding hydrogens is 154 g/mol. The van der Waals surface area contributed by atoms with Gasteiger partial charge in [0.05, 0.1) is 22.8 Å². The molecule has 0 aliphatic carbocycles. The maximum absolute atomic E-state index is 5.64. The number of hydrogen-bond donors (Lipinski definition) is 4.